The van der Waals surface area contributed by atoms with E-state index < -0.39 is 11.4 Å². The van der Waals surface area contributed by atoms with Crippen molar-refractivity contribution in [2.75, 3.05) is 13.1 Å². The number of rotatable bonds is 3. The van der Waals surface area contributed by atoms with Crippen molar-refractivity contribution in [3.8, 4) is 0 Å². The second-order valence-electron chi connectivity index (χ2n) is 5.35. The largest absolute Gasteiger partial charge is 0.379 e. The predicted octanol–water partition coefficient (Wildman–Crippen LogP) is 2.26. The predicted molar refractivity (Wildman–Crippen MR) is 74.2 cm³/mol. The first-order chi connectivity index (χ1) is 9.98. The number of hydrogen-bond acceptors (Lipinski definition) is 5. The highest BCUT2D eigenvalue weighted by Crippen LogP contribution is 2.32. The van der Waals surface area contributed by atoms with Crippen molar-refractivity contribution in [2.45, 2.75) is 25.5 Å². The van der Waals surface area contributed by atoms with Gasteiger partial charge in [0.15, 0.2) is 11.4 Å². The molecular weight excluding hydrogens is 297 g/mol. The fourth-order valence-electron chi connectivity index (χ4n) is 2.58. The molecule has 1 N–H and O–H groups in total. The molecule has 1 fully saturated rings. The van der Waals surface area contributed by atoms with Gasteiger partial charge in [-0.15, -0.1) is 0 Å². The van der Waals surface area contributed by atoms with E-state index in [1.54, 1.807) is 19.1 Å². The second-order valence-corrected chi connectivity index (χ2v) is 5.76. The summed E-state index contributed by atoms with van der Waals surface area (Å²) in [7, 11) is 0. The SMILES string of the molecule is Cc1noc([C@@]2(O)CCN(Cc3cccc(Cl)c3F)C2)n1. The van der Waals surface area contributed by atoms with Crippen LogP contribution in [0.3, 0.4) is 0 Å². The molecule has 2 heterocycles. The van der Waals surface area contributed by atoms with Gasteiger partial charge >= 0.3 is 0 Å². The van der Waals surface area contributed by atoms with E-state index in [1.807, 2.05) is 4.90 Å². The van der Waals surface area contributed by atoms with E-state index in [4.69, 9.17) is 16.1 Å². The Bertz CT molecular complexity index is 663. The van der Waals surface area contributed by atoms with Crippen LogP contribution >= 0.6 is 11.6 Å². The third-order valence-corrected chi connectivity index (χ3v) is 3.97. The van der Waals surface area contributed by atoms with Gasteiger partial charge in [-0.05, 0) is 19.4 Å². The third-order valence-electron chi connectivity index (χ3n) is 3.68. The molecule has 0 bridgehead atoms. The lowest BCUT2D eigenvalue weighted by Gasteiger charge is -2.20. The molecule has 1 aromatic heterocycles. The zero-order valence-corrected chi connectivity index (χ0v) is 12.3. The minimum atomic E-state index is -1.17. The van der Waals surface area contributed by atoms with Crippen molar-refractivity contribution < 1.29 is 14.0 Å². The van der Waals surface area contributed by atoms with E-state index in [1.165, 1.54) is 6.07 Å². The zero-order chi connectivity index (χ0) is 15.0. The van der Waals surface area contributed by atoms with Crippen LogP contribution in [0, 0.1) is 12.7 Å². The molecule has 1 aromatic carbocycles. The molecule has 21 heavy (non-hydrogen) atoms. The summed E-state index contributed by atoms with van der Waals surface area (Å²) in [5.41, 5.74) is -0.662. The number of hydrogen-bond donors (Lipinski definition) is 1. The average molecular weight is 312 g/mol. The van der Waals surface area contributed by atoms with Crippen LogP contribution in [0.15, 0.2) is 22.7 Å². The van der Waals surface area contributed by atoms with Gasteiger partial charge in [0.1, 0.15) is 5.82 Å². The van der Waals surface area contributed by atoms with Crippen LogP contribution in [0.4, 0.5) is 4.39 Å². The highest BCUT2D eigenvalue weighted by molar-refractivity contribution is 6.30. The van der Waals surface area contributed by atoms with Crippen LogP contribution < -0.4 is 0 Å². The Balaban J connectivity index is 1.74. The number of likely N-dealkylation sites (tertiary alicyclic amines) is 1. The molecule has 0 spiro atoms. The first-order valence-electron chi connectivity index (χ1n) is 6.66. The highest BCUT2D eigenvalue weighted by atomic mass is 35.5. The van der Waals surface area contributed by atoms with Gasteiger partial charge in [0.25, 0.3) is 5.89 Å². The highest BCUT2D eigenvalue weighted by Gasteiger charge is 2.42. The first kappa shape index (κ1) is 14.4. The Morgan fingerprint density at radius 2 is 2.33 bits per heavy atom. The summed E-state index contributed by atoms with van der Waals surface area (Å²) in [6.45, 7) is 3.01. The molecule has 5 nitrogen and oxygen atoms in total. The molecule has 1 atom stereocenters. The summed E-state index contributed by atoms with van der Waals surface area (Å²) < 4.78 is 19.0. The van der Waals surface area contributed by atoms with Gasteiger partial charge in [-0.2, -0.15) is 4.98 Å². The number of aromatic nitrogens is 2. The topological polar surface area (TPSA) is 62.4 Å². The molecule has 1 saturated heterocycles. The first-order valence-corrected chi connectivity index (χ1v) is 7.04. The summed E-state index contributed by atoms with van der Waals surface area (Å²) in [6.07, 6.45) is 0.469. The van der Waals surface area contributed by atoms with E-state index in [-0.39, 0.29) is 10.9 Å². The van der Waals surface area contributed by atoms with Crippen molar-refractivity contribution in [1.29, 1.82) is 0 Å². The summed E-state index contributed by atoms with van der Waals surface area (Å²) in [5.74, 6) is 0.287. The molecule has 1 aliphatic heterocycles. The smallest absolute Gasteiger partial charge is 0.259 e. The monoisotopic (exact) mass is 311 g/mol. The van der Waals surface area contributed by atoms with Crippen molar-refractivity contribution in [3.63, 3.8) is 0 Å². The van der Waals surface area contributed by atoms with E-state index >= 15 is 0 Å². The summed E-state index contributed by atoms with van der Waals surface area (Å²) in [6, 6.07) is 4.92. The van der Waals surface area contributed by atoms with Gasteiger partial charge in [0.2, 0.25) is 0 Å². The van der Waals surface area contributed by atoms with E-state index in [2.05, 4.69) is 10.1 Å². The molecule has 3 rings (SSSR count). The van der Waals surface area contributed by atoms with E-state index in [0.717, 1.165) is 0 Å². The Morgan fingerprint density at radius 3 is 3.05 bits per heavy atom. The van der Waals surface area contributed by atoms with Crippen molar-refractivity contribution in [3.05, 3.63) is 46.3 Å². The van der Waals surface area contributed by atoms with Crippen molar-refractivity contribution >= 4 is 11.6 Å². The minimum absolute atomic E-state index is 0.106. The van der Waals surface area contributed by atoms with E-state index in [9.17, 15) is 9.50 Å². The Labute approximate surface area is 126 Å². The van der Waals surface area contributed by atoms with Gasteiger partial charge in [-0.1, -0.05) is 28.9 Å². The van der Waals surface area contributed by atoms with Gasteiger partial charge < -0.3 is 9.63 Å². The van der Waals surface area contributed by atoms with Crippen LogP contribution in [-0.4, -0.2) is 33.2 Å². The maximum absolute atomic E-state index is 13.9. The van der Waals surface area contributed by atoms with Gasteiger partial charge in [0.05, 0.1) is 5.02 Å². The molecular formula is C14H15ClFN3O2. The molecule has 7 heteroatoms. The molecule has 1 aliphatic rings. The number of aryl methyl sites for hydroxylation is 1. The van der Waals surface area contributed by atoms with E-state index in [0.29, 0.717) is 37.4 Å². The van der Waals surface area contributed by atoms with Crippen LogP contribution in [-0.2, 0) is 12.1 Å². The lowest BCUT2D eigenvalue weighted by Crippen LogP contribution is -2.31. The number of β-amino-alcohol motifs (C(OH)–C–C–N with tert-alkyl or cyclic N) is 1. The molecule has 2 aromatic rings. The fraction of sp³-hybridized carbons (Fsp3) is 0.429. The summed E-state index contributed by atoms with van der Waals surface area (Å²) in [5, 5.41) is 14.4. The Kier molecular flexibility index (Phi) is 3.69. The van der Waals surface area contributed by atoms with Crippen LogP contribution in [0.2, 0.25) is 5.02 Å². The summed E-state index contributed by atoms with van der Waals surface area (Å²) >= 11 is 5.78. The Hall–Kier alpha value is -1.50. The normalized spacial score (nSPS) is 22.9. The lowest BCUT2D eigenvalue weighted by atomic mass is 10.0. The number of aliphatic hydroxyl groups is 1. The maximum atomic E-state index is 13.9. The fourth-order valence-corrected chi connectivity index (χ4v) is 2.77. The van der Waals surface area contributed by atoms with Crippen LogP contribution in [0.25, 0.3) is 0 Å². The number of halogens is 2. The standard InChI is InChI=1S/C14H15ClFN3O2/c1-9-17-13(21-18-9)14(20)5-6-19(8-14)7-10-3-2-4-11(15)12(10)16/h2-4,20H,5-8H2,1H3/t14-/m1/s1. The molecule has 112 valence electrons. The summed E-state index contributed by atoms with van der Waals surface area (Å²) in [4.78, 5) is 6.03. The number of benzene rings is 1. The van der Waals surface area contributed by atoms with Gasteiger partial charge in [-0.3, -0.25) is 4.90 Å². The number of nitrogens with zero attached hydrogens (tertiary/aromatic N) is 3. The van der Waals surface area contributed by atoms with Crippen molar-refractivity contribution in [1.82, 2.24) is 15.0 Å². The minimum Gasteiger partial charge on any atom is -0.379 e. The lowest BCUT2D eigenvalue weighted by molar-refractivity contribution is 0.0130. The second kappa shape index (κ2) is 5.36. The van der Waals surface area contributed by atoms with Crippen LogP contribution in [0.5, 0.6) is 0 Å². The third kappa shape index (κ3) is 2.79. The Morgan fingerprint density at radius 1 is 1.52 bits per heavy atom. The van der Waals surface area contributed by atoms with Crippen LogP contribution in [0.1, 0.15) is 23.7 Å². The molecule has 0 saturated carbocycles. The quantitative estimate of drug-likeness (QED) is 0.942. The van der Waals surface area contributed by atoms with Gasteiger partial charge in [0, 0.05) is 25.2 Å². The maximum Gasteiger partial charge on any atom is 0.259 e. The zero-order valence-electron chi connectivity index (χ0n) is 11.5. The molecule has 0 radical (unpaired) electrons. The van der Waals surface area contributed by atoms with Crippen molar-refractivity contribution in [2.24, 2.45) is 0 Å². The van der Waals surface area contributed by atoms with Gasteiger partial charge in [-0.25, -0.2) is 4.39 Å². The molecule has 0 amide bonds. The average Bonchev–Trinajstić information content (AvgIpc) is 3.03. The molecule has 0 unspecified atom stereocenters. The molecule has 0 aliphatic carbocycles.